The molecule has 0 heterocycles. The first-order valence-corrected chi connectivity index (χ1v) is 9.41. The van der Waals surface area contributed by atoms with Crippen molar-refractivity contribution in [1.29, 1.82) is 0 Å². The van der Waals surface area contributed by atoms with Crippen molar-refractivity contribution in [2.45, 2.75) is 6.92 Å². The second-order valence-corrected chi connectivity index (χ2v) is 7.46. The van der Waals surface area contributed by atoms with Crippen LogP contribution in [0.15, 0.2) is 48.5 Å². The van der Waals surface area contributed by atoms with Crippen molar-refractivity contribution in [2.24, 2.45) is 0 Å². The Kier molecular flexibility index (Phi) is 5.93. The van der Waals surface area contributed by atoms with E-state index in [4.69, 9.17) is 0 Å². The minimum atomic E-state index is -3.75. The highest BCUT2D eigenvalue weighted by Crippen LogP contribution is 2.19. The van der Waals surface area contributed by atoms with Gasteiger partial charge in [0.05, 0.1) is 11.9 Å². The Hall–Kier alpha value is -2.94. The minimum Gasteiger partial charge on any atom is -0.326 e. The minimum absolute atomic E-state index is 0.177. The van der Waals surface area contributed by atoms with E-state index >= 15 is 0 Å². The second-order valence-electron chi connectivity index (χ2n) is 5.56. The number of amides is 2. The maximum atomic E-state index is 13.0. The van der Waals surface area contributed by atoms with Gasteiger partial charge in [-0.2, -0.15) is 0 Å². The maximum Gasteiger partial charge on any atom is 0.245 e. The number of halogens is 1. The Balaban J connectivity index is 2.15. The highest BCUT2D eigenvalue weighted by atomic mass is 32.2. The summed E-state index contributed by atoms with van der Waals surface area (Å²) in [5.41, 5.74) is 1.07. The van der Waals surface area contributed by atoms with Gasteiger partial charge in [-0.3, -0.25) is 13.9 Å². The zero-order valence-electron chi connectivity index (χ0n) is 14.2. The van der Waals surface area contributed by atoms with Gasteiger partial charge in [0.1, 0.15) is 12.4 Å². The molecule has 0 saturated carbocycles. The molecule has 0 spiro atoms. The highest BCUT2D eigenvalue weighted by molar-refractivity contribution is 7.92. The largest absolute Gasteiger partial charge is 0.326 e. The molecule has 0 unspecified atom stereocenters. The van der Waals surface area contributed by atoms with E-state index in [2.05, 4.69) is 10.6 Å². The van der Waals surface area contributed by atoms with Crippen molar-refractivity contribution in [3.05, 3.63) is 54.3 Å². The van der Waals surface area contributed by atoms with Gasteiger partial charge in [0.25, 0.3) is 0 Å². The fourth-order valence-corrected chi connectivity index (χ4v) is 3.07. The van der Waals surface area contributed by atoms with E-state index in [9.17, 15) is 22.4 Å². The quantitative estimate of drug-likeness (QED) is 0.804. The fraction of sp³-hybridized carbons (Fsp3) is 0.176. The fourth-order valence-electron chi connectivity index (χ4n) is 2.22. The van der Waals surface area contributed by atoms with E-state index in [0.29, 0.717) is 11.4 Å². The van der Waals surface area contributed by atoms with Crippen molar-refractivity contribution in [3.8, 4) is 0 Å². The molecule has 0 radical (unpaired) electrons. The van der Waals surface area contributed by atoms with Gasteiger partial charge in [-0.1, -0.05) is 6.07 Å². The number of hydrogen-bond donors (Lipinski definition) is 2. The van der Waals surface area contributed by atoms with Gasteiger partial charge in [-0.25, -0.2) is 12.8 Å². The van der Waals surface area contributed by atoms with E-state index in [0.717, 1.165) is 22.7 Å². The zero-order valence-corrected chi connectivity index (χ0v) is 15.0. The molecule has 2 aromatic carbocycles. The van der Waals surface area contributed by atoms with Crippen molar-refractivity contribution >= 4 is 38.9 Å². The summed E-state index contributed by atoms with van der Waals surface area (Å²) in [6.45, 7) is 0.882. The summed E-state index contributed by atoms with van der Waals surface area (Å²) in [6, 6.07) is 11.2. The lowest BCUT2D eigenvalue weighted by atomic mass is 10.2. The van der Waals surface area contributed by atoms with Gasteiger partial charge >= 0.3 is 0 Å². The normalized spacial score (nSPS) is 10.9. The predicted molar refractivity (Wildman–Crippen MR) is 98.0 cm³/mol. The first-order valence-electron chi connectivity index (χ1n) is 7.56. The highest BCUT2D eigenvalue weighted by Gasteiger charge is 2.21. The summed E-state index contributed by atoms with van der Waals surface area (Å²) >= 11 is 0. The van der Waals surface area contributed by atoms with E-state index in [1.165, 1.54) is 19.1 Å². The van der Waals surface area contributed by atoms with Gasteiger partial charge in [0.2, 0.25) is 21.8 Å². The Morgan fingerprint density at radius 2 is 1.62 bits per heavy atom. The lowest BCUT2D eigenvalue weighted by molar-refractivity contribution is -0.115. The van der Waals surface area contributed by atoms with Gasteiger partial charge in [0.15, 0.2) is 0 Å². The Labute approximate surface area is 150 Å². The van der Waals surface area contributed by atoms with Crippen LogP contribution in [0.25, 0.3) is 0 Å². The molecule has 7 nitrogen and oxygen atoms in total. The first-order chi connectivity index (χ1) is 12.1. The summed E-state index contributed by atoms with van der Waals surface area (Å²) in [6.07, 6.45) is 0.959. The Bertz CT molecular complexity index is 914. The van der Waals surface area contributed by atoms with Crippen LogP contribution in [0.1, 0.15) is 6.92 Å². The predicted octanol–water partition coefficient (Wildman–Crippen LogP) is 2.19. The third kappa shape index (κ3) is 5.55. The monoisotopic (exact) mass is 379 g/mol. The van der Waals surface area contributed by atoms with Crippen LogP contribution in [0.3, 0.4) is 0 Å². The standard InChI is InChI=1S/C17H18FN3O4S/c1-12(22)19-14-4-3-5-15(10-14)20-17(23)11-21(26(2,24)25)16-8-6-13(18)7-9-16/h3-10H,11H2,1-2H3,(H,19,22)(H,20,23). The van der Waals surface area contributed by atoms with E-state index in [1.54, 1.807) is 24.3 Å². The van der Waals surface area contributed by atoms with Gasteiger partial charge < -0.3 is 10.6 Å². The lowest BCUT2D eigenvalue weighted by Gasteiger charge is -2.22. The molecule has 2 aromatic rings. The number of carbonyl (C=O) groups is 2. The summed E-state index contributed by atoms with van der Waals surface area (Å²) in [7, 11) is -3.75. The van der Waals surface area contributed by atoms with Crippen LogP contribution in [0, 0.1) is 5.82 Å². The molecule has 0 aliphatic rings. The summed E-state index contributed by atoms with van der Waals surface area (Å²) in [5, 5.41) is 5.15. The summed E-state index contributed by atoms with van der Waals surface area (Å²) < 4.78 is 37.9. The van der Waals surface area contributed by atoms with Gasteiger partial charge in [0, 0.05) is 18.3 Å². The number of sulfonamides is 1. The van der Waals surface area contributed by atoms with Crippen LogP contribution < -0.4 is 14.9 Å². The number of anilines is 3. The average molecular weight is 379 g/mol. The second kappa shape index (κ2) is 7.96. The first kappa shape index (κ1) is 19.4. The molecule has 0 aliphatic heterocycles. The zero-order chi connectivity index (χ0) is 19.3. The van der Waals surface area contributed by atoms with Gasteiger partial charge in [-0.15, -0.1) is 0 Å². The molecule has 2 rings (SSSR count). The topological polar surface area (TPSA) is 95.6 Å². The number of hydrogen-bond acceptors (Lipinski definition) is 4. The number of benzene rings is 2. The van der Waals surface area contributed by atoms with Crippen LogP contribution in [-0.4, -0.2) is 33.0 Å². The Morgan fingerprint density at radius 3 is 2.15 bits per heavy atom. The molecule has 0 aliphatic carbocycles. The van der Waals surface area contributed by atoms with Crippen molar-refractivity contribution in [2.75, 3.05) is 27.7 Å². The number of rotatable bonds is 6. The lowest BCUT2D eigenvalue weighted by Crippen LogP contribution is -2.37. The van der Waals surface area contributed by atoms with E-state index < -0.39 is 28.3 Å². The molecule has 138 valence electrons. The molecule has 0 fully saturated rings. The van der Waals surface area contributed by atoms with Crippen LogP contribution in [0.5, 0.6) is 0 Å². The third-order valence-electron chi connectivity index (χ3n) is 3.27. The van der Waals surface area contributed by atoms with Crippen molar-refractivity contribution < 1.29 is 22.4 Å². The third-order valence-corrected chi connectivity index (χ3v) is 4.41. The average Bonchev–Trinajstić information content (AvgIpc) is 2.52. The number of nitrogens with one attached hydrogen (secondary N) is 2. The molecule has 0 aromatic heterocycles. The number of carbonyl (C=O) groups excluding carboxylic acids is 2. The summed E-state index contributed by atoms with van der Waals surface area (Å²) in [4.78, 5) is 23.3. The SMILES string of the molecule is CC(=O)Nc1cccc(NC(=O)CN(c2ccc(F)cc2)S(C)(=O)=O)c1. The molecular weight excluding hydrogens is 361 g/mol. The molecule has 0 saturated heterocycles. The van der Waals surface area contributed by atoms with Crippen LogP contribution in [-0.2, 0) is 19.6 Å². The maximum absolute atomic E-state index is 13.0. The summed E-state index contributed by atoms with van der Waals surface area (Å²) in [5.74, 6) is -1.35. The molecule has 0 bridgehead atoms. The molecular formula is C17H18FN3O4S. The van der Waals surface area contributed by atoms with Crippen LogP contribution in [0.4, 0.5) is 21.5 Å². The Morgan fingerprint density at radius 1 is 1.04 bits per heavy atom. The number of nitrogens with zero attached hydrogens (tertiary/aromatic N) is 1. The van der Waals surface area contributed by atoms with Crippen LogP contribution >= 0.6 is 0 Å². The van der Waals surface area contributed by atoms with Crippen LogP contribution in [0.2, 0.25) is 0 Å². The smallest absolute Gasteiger partial charge is 0.245 e. The van der Waals surface area contributed by atoms with Gasteiger partial charge in [-0.05, 0) is 42.5 Å². The van der Waals surface area contributed by atoms with E-state index in [1.807, 2.05) is 0 Å². The molecule has 0 atom stereocenters. The molecule has 2 N–H and O–H groups in total. The molecule has 9 heteroatoms. The van der Waals surface area contributed by atoms with Crippen molar-refractivity contribution in [3.63, 3.8) is 0 Å². The molecule has 26 heavy (non-hydrogen) atoms. The molecule has 2 amide bonds. The van der Waals surface area contributed by atoms with Crippen molar-refractivity contribution in [1.82, 2.24) is 0 Å². The van der Waals surface area contributed by atoms with E-state index in [-0.39, 0.29) is 11.6 Å².